The molecule has 3 aliphatic rings. The molecule has 0 amide bonds. The van der Waals surface area contributed by atoms with E-state index in [0.29, 0.717) is 24.4 Å². The summed E-state index contributed by atoms with van der Waals surface area (Å²) in [5, 5.41) is 8.66. The summed E-state index contributed by atoms with van der Waals surface area (Å²) >= 11 is 0. The minimum Gasteiger partial charge on any atom is -0.480 e. The van der Waals surface area contributed by atoms with Crippen LogP contribution in [0.2, 0.25) is 0 Å². The Morgan fingerprint density at radius 3 is 2.72 bits per heavy atom. The Hall–Kier alpha value is -1.10. The maximum atomic E-state index is 10.9. The summed E-state index contributed by atoms with van der Waals surface area (Å²) in [6.07, 6.45) is 3.26. The van der Waals surface area contributed by atoms with E-state index in [1.54, 1.807) is 0 Å². The molecular weight excluding hydrogens is 236 g/mol. The number of carbonyl (C=O) groups is 2. The van der Waals surface area contributed by atoms with Crippen molar-refractivity contribution in [3.8, 4) is 0 Å². The van der Waals surface area contributed by atoms with Crippen molar-refractivity contribution in [3.05, 3.63) is 0 Å². The minimum atomic E-state index is -0.900. The minimum absolute atomic E-state index is 0.116. The van der Waals surface area contributed by atoms with Gasteiger partial charge >= 0.3 is 11.9 Å². The number of carboxylic acids is 1. The maximum absolute atomic E-state index is 10.9. The Balaban J connectivity index is 1.58. The number of ether oxygens (including phenoxy) is 2. The normalized spacial score (nSPS) is 43.6. The first kappa shape index (κ1) is 12.0. The van der Waals surface area contributed by atoms with Gasteiger partial charge in [-0.05, 0) is 37.0 Å². The number of rotatable bonds is 5. The zero-order chi connectivity index (χ0) is 12.9. The van der Waals surface area contributed by atoms with Gasteiger partial charge in [0.05, 0.1) is 12.7 Å². The van der Waals surface area contributed by atoms with Crippen molar-refractivity contribution in [1.82, 2.24) is 0 Å². The Bertz CT molecular complexity index is 391. The summed E-state index contributed by atoms with van der Waals surface area (Å²) in [6.45, 7) is 1.78. The molecule has 5 heteroatoms. The van der Waals surface area contributed by atoms with Crippen LogP contribution in [-0.4, -0.2) is 36.4 Å². The third-order valence-electron chi connectivity index (χ3n) is 5.02. The van der Waals surface area contributed by atoms with Crippen LogP contribution in [0.5, 0.6) is 0 Å². The highest BCUT2D eigenvalue weighted by atomic mass is 16.5. The first-order valence-electron chi connectivity index (χ1n) is 6.48. The second kappa shape index (κ2) is 3.95. The molecule has 0 aromatic carbocycles. The van der Waals surface area contributed by atoms with Gasteiger partial charge in [0.25, 0.3) is 0 Å². The lowest BCUT2D eigenvalue weighted by Gasteiger charge is -2.55. The topological polar surface area (TPSA) is 72.8 Å². The number of carbonyl (C=O) groups excluding carboxylic acids is 1. The fourth-order valence-electron chi connectivity index (χ4n) is 4.49. The maximum Gasteiger partial charge on any atom is 0.329 e. The molecule has 3 aliphatic carbocycles. The quantitative estimate of drug-likeness (QED) is 0.743. The highest BCUT2D eigenvalue weighted by Gasteiger charge is 2.69. The third kappa shape index (κ3) is 1.64. The first-order valence-corrected chi connectivity index (χ1v) is 6.48. The lowest BCUT2D eigenvalue weighted by atomic mass is 9.52. The van der Waals surface area contributed by atoms with Crippen molar-refractivity contribution < 1.29 is 24.2 Å². The number of carboxylic acid groups (broad SMARTS) is 1. The molecule has 0 aromatic rings. The zero-order valence-electron chi connectivity index (χ0n) is 10.4. The van der Waals surface area contributed by atoms with Crippen LogP contribution in [0.25, 0.3) is 0 Å². The van der Waals surface area contributed by atoms with Gasteiger partial charge < -0.3 is 14.6 Å². The van der Waals surface area contributed by atoms with Crippen molar-refractivity contribution in [2.75, 3.05) is 13.2 Å². The van der Waals surface area contributed by atoms with Crippen molar-refractivity contribution >= 4 is 11.9 Å². The van der Waals surface area contributed by atoms with Gasteiger partial charge in [-0.3, -0.25) is 4.79 Å². The third-order valence-corrected chi connectivity index (χ3v) is 5.02. The van der Waals surface area contributed by atoms with Crippen molar-refractivity contribution in [2.24, 2.45) is 23.2 Å². The van der Waals surface area contributed by atoms with Crippen LogP contribution in [0.15, 0.2) is 0 Å². The van der Waals surface area contributed by atoms with E-state index in [1.807, 2.05) is 0 Å². The average Bonchev–Trinajstić information content (AvgIpc) is 2.72. The van der Waals surface area contributed by atoms with Gasteiger partial charge in [-0.2, -0.15) is 0 Å². The number of esters is 1. The molecule has 0 radical (unpaired) electrons. The smallest absolute Gasteiger partial charge is 0.329 e. The van der Waals surface area contributed by atoms with Gasteiger partial charge in [0.15, 0.2) is 0 Å². The fourth-order valence-corrected chi connectivity index (χ4v) is 4.49. The number of fused-ring (bicyclic) bond motifs is 1. The monoisotopic (exact) mass is 254 g/mol. The van der Waals surface area contributed by atoms with Gasteiger partial charge in [0.1, 0.15) is 6.61 Å². The van der Waals surface area contributed by atoms with E-state index < -0.39 is 5.97 Å². The fraction of sp³-hybridized carbons (Fsp3) is 0.846. The Morgan fingerprint density at radius 2 is 2.17 bits per heavy atom. The largest absolute Gasteiger partial charge is 0.480 e. The SMILES string of the molecule is CC(=O)OCC12CC3CC1C(C2)C3OCC(=O)O. The molecule has 3 saturated carbocycles. The van der Waals surface area contributed by atoms with Crippen LogP contribution in [-0.2, 0) is 19.1 Å². The molecule has 0 spiro atoms. The molecule has 0 saturated heterocycles. The van der Waals surface area contributed by atoms with E-state index in [1.165, 1.54) is 6.92 Å². The Labute approximate surface area is 105 Å². The van der Waals surface area contributed by atoms with E-state index in [4.69, 9.17) is 14.6 Å². The van der Waals surface area contributed by atoms with Crippen molar-refractivity contribution in [3.63, 3.8) is 0 Å². The van der Waals surface area contributed by atoms with Crippen molar-refractivity contribution in [1.29, 1.82) is 0 Å². The number of aliphatic carboxylic acids is 1. The summed E-state index contributed by atoms with van der Waals surface area (Å²) in [4.78, 5) is 21.4. The van der Waals surface area contributed by atoms with Crippen LogP contribution in [0.3, 0.4) is 0 Å². The van der Waals surface area contributed by atoms with Gasteiger partial charge in [0, 0.05) is 12.3 Å². The van der Waals surface area contributed by atoms with Crippen molar-refractivity contribution in [2.45, 2.75) is 32.3 Å². The summed E-state index contributed by atoms with van der Waals surface area (Å²) in [6, 6.07) is 0. The molecule has 5 nitrogen and oxygen atoms in total. The summed E-state index contributed by atoms with van der Waals surface area (Å²) < 4.78 is 10.7. The standard InChI is InChI=1S/C13H18O5/c1-7(14)18-6-13-3-8-2-10(13)9(4-13)12(8)17-5-11(15)16/h8-10,12H,2-6H2,1H3,(H,15,16). The molecule has 0 aliphatic heterocycles. The molecule has 5 atom stereocenters. The van der Waals surface area contributed by atoms with Crippen LogP contribution in [0.1, 0.15) is 26.2 Å². The first-order chi connectivity index (χ1) is 8.52. The summed E-state index contributed by atoms with van der Waals surface area (Å²) in [5.41, 5.74) is 0.185. The van der Waals surface area contributed by atoms with Crippen LogP contribution < -0.4 is 0 Å². The second-order valence-electron chi connectivity index (χ2n) is 5.99. The van der Waals surface area contributed by atoms with E-state index in [-0.39, 0.29) is 24.1 Å². The highest BCUT2D eigenvalue weighted by Crippen LogP contribution is 2.71. The van der Waals surface area contributed by atoms with Crippen LogP contribution in [0.4, 0.5) is 0 Å². The summed E-state index contributed by atoms with van der Waals surface area (Å²) in [7, 11) is 0. The van der Waals surface area contributed by atoms with E-state index >= 15 is 0 Å². The molecule has 3 fully saturated rings. The Morgan fingerprint density at radius 1 is 1.39 bits per heavy atom. The molecule has 1 N–H and O–H groups in total. The molecule has 18 heavy (non-hydrogen) atoms. The second-order valence-corrected chi connectivity index (χ2v) is 5.99. The van der Waals surface area contributed by atoms with Crippen LogP contribution in [0, 0.1) is 23.2 Å². The molecule has 2 bridgehead atoms. The lowest BCUT2D eigenvalue weighted by Crippen LogP contribution is -2.55. The molecule has 0 heterocycles. The molecule has 0 aromatic heterocycles. The predicted octanol–water partition coefficient (Wildman–Crippen LogP) is 1.07. The van der Waals surface area contributed by atoms with Gasteiger partial charge in [0.2, 0.25) is 0 Å². The number of hydrogen-bond donors (Lipinski definition) is 1. The molecule has 100 valence electrons. The van der Waals surface area contributed by atoms with E-state index in [9.17, 15) is 9.59 Å². The zero-order valence-corrected chi connectivity index (χ0v) is 10.4. The van der Waals surface area contributed by atoms with Gasteiger partial charge in [-0.25, -0.2) is 4.79 Å². The van der Waals surface area contributed by atoms with E-state index in [2.05, 4.69) is 0 Å². The molecule has 3 rings (SSSR count). The average molecular weight is 254 g/mol. The lowest BCUT2D eigenvalue weighted by molar-refractivity contribution is -0.178. The van der Waals surface area contributed by atoms with Gasteiger partial charge in [-0.15, -0.1) is 0 Å². The van der Waals surface area contributed by atoms with Crippen LogP contribution >= 0.6 is 0 Å². The molecule has 5 unspecified atom stereocenters. The Kier molecular flexibility index (Phi) is 2.62. The summed E-state index contributed by atoms with van der Waals surface area (Å²) in [5.74, 6) is 0.403. The highest BCUT2D eigenvalue weighted by molar-refractivity contribution is 5.68. The predicted molar refractivity (Wildman–Crippen MR) is 60.8 cm³/mol. The van der Waals surface area contributed by atoms with E-state index in [0.717, 1.165) is 19.3 Å². The molecular formula is C13H18O5. The number of hydrogen-bond acceptors (Lipinski definition) is 4. The van der Waals surface area contributed by atoms with Gasteiger partial charge in [-0.1, -0.05) is 0 Å².